The summed E-state index contributed by atoms with van der Waals surface area (Å²) in [5, 5.41) is 0. The number of aromatic nitrogens is 1. The number of halogens is 1. The van der Waals surface area contributed by atoms with Crippen LogP contribution in [0, 0.1) is 24.1 Å². The van der Waals surface area contributed by atoms with Crippen LogP contribution in [0.4, 0.5) is 4.39 Å². The summed E-state index contributed by atoms with van der Waals surface area (Å²) in [6.07, 6.45) is 1.52. The number of rotatable bonds is 7. The first-order valence-electron chi connectivity index (χ1n) is 13.7. The minimum Gasteiger partial charge on any atom is -0.497 e. The van der Waals surface area contributed by atoms with E-state index in [9.17, 15) is 14.0 Å². The summed E-state index contributed by atoms with van der Waals surface area (Å²) in [5.74, 6) is 0.719. The van der Waals surface area contributed by atoms with E-state index in [1.165, 1.54) is 6.07 Å². The van der Waals surface area contributed by atoms with Gasteiger partial charge >= 0.3 is 0 Å². The third-order valence-electron chi connectivity index (χ3n) is 7.36. The maximum atomic E-state index is 15.0. The van der Waals surface area contributed by atoms with Gasteiger partial charge in [0.25, 0.3) is 5.91 Å². The number of hydrogen-bond acceptors (Lipinski definition) is 3. The molecule has 1 aliphatic heterocycles. The van der Waals surface area contributed by atoms with E-state index in [0.29, 0.717) is 55.5 Å². The van der Waals surface area contributed by atoms with Crippen LogP contribution < -0.4 is 4.74 Å². The Kier molecular flexibility index (Phi) is 8.48. The second-order valence-electron chi connectivity index (χ2n) is 11.8. The predicted molar refractivity (Wildman–Crippen MR) is 153 cm³/mol. The maximum absolute atomic E-state index is 15.0. The zero-order chi connectivity index (χ0) is 28.3. The molecule has 2 heterocycles. The molecule has 0 radical (unpaired) electrons. The van der Waals surface area contributed by atoms with Gasteiger partial charge in [0.15, 0.2) is 0 Å². The van der Waals surface area contributed by atoms with E-state index in [4.69, 9.17) is 4.74 Å². The molecule has 2 amide bonds. The Morgan fingerprint density at radius 1 is 0.974 bits per heavy atom. The van der Waals surface area contributed by atoms with Crippen LogP contribution in [-0.2, 0) is 4.79 Å². The zero-order valence-electron chi connectivity index (χ0n) is 24.0. The number of methoxy groups -OCH3 is 1. The van der Waals surface area contributed by atoms with Crippen molar-refractivity contribution in [1.82, 2.24) is 14.4 Å². The van der Waals surface area contributed by atoms with Gasteiger partial charge in [0, 0.05) is 38.3 Å². The van der Waals surface area contributed by atoms with Crippen molar-refractivity contribution >= 4 is 11.8 Å². The molecule has 6 nitrogen and oxygen atoms in total. The van der Waals surface area contributed by atoms with Gasteiger partial charge in [0.2, 0.25) is 5.91 Å². The molecule has 3 aromatic rings. The van der Waals surface area contributed by atoms with Crippen molar-refractivity contribution in [2.75, 3.05) is 33.3 Å². The van der Waals surface area contributed by atoms with Crippen LogP contribution in [0.5, 0.6) is 5.75 Å². The van der Waals surface area contributed by atoms with Crippen LogP contribution in [-0.4, -0.2) is 59.5 Å². The summed E-state index contributed by atoms with van der Waals surface area (Å²) in [6, 6.07) is 15.9. The molecular weight excluding hydrogens is 493 g/mol. The van der Waals surface area contributed by atoms with Crippen molar-refractivity contribution < 1.29 is 18.7 Å². The molecule has 1 atom stereocenters. The average molecular weight is 534 g/mol. The summed E-state index contributed by atoms with van der Waals surface area (Å²) < 4.78 is 22.1. The van der Waals surface area contributed by atoms with E-state index in [0.717, 1.165) is 23.4 Å². The highest BCUT2D eigenvalue weighted by atomic mass is 19.1. The minimum absolute atomic E-state index is 0.106. The van der Waals surface area contributed by atoms with Crippen molar-refractivity contribution in [3.05, 3.63) is 71.7 Å². The molecule has 0 N–H and O–H groups in total. The fraction of sp³-hybridized carbons (Fsp3) is 0.438. The Hall–Kier alpha value is -3.61. The lowest BCUT2D eigenvalue weighted by atomic mass is 9.84. The largest absolute Gasteiger partial charge is 0.497 e. The van der Waals surface area contributed by atoms with Crippen LogP contribution in [0.3, 0.4) is 0 Å². The summed E-state index contributed by atoms with van der Waals surface area (Å²) in [5.41, 5.74) is 3.35. The Labute approximate surface area is 231 Å². The van der Waals surface area contributed by atoms with Gasteiger partial charge in [-0.1, -0.05) is 39.8 Å². The molecule has 1 aliphatic rings. The fourth-order valence-corrected chi connectivity index (χ4v) is 5.62. The monoisotopic (exact) mass is 533 g/mol. The van der Waals surface area contributed by atoms with E-state index in [2.05, 4.69) is 27.7 Å². The second-order valence-corrected chi connectivity index (χ2v) is 11.8. The molecule has 1 unspecified atom stereocenters. The molecule has 4 rings (SSSR count). The van der Waals surface area contributed by atoms with E-state index in [1.807, 2.05) is 42.2 Å². The quantitative estimate of drug-likeness (QED) is 0.356. The van der Waals surface area contributed by atoms with Gasteiger partial charge < -0.3 is 19.1 Å². The second kappa shape index (κ2) is 11.6. The van der Waals surface area contributed by atoms with Crippen LogP contribution in [0.15, 0.2) is 54.6 Å². The number of nitrogens with zero attached hydrogens (tertiary/aromatic N) is 3. The molecular formula is C32H40FN3O3. The van der Waals surface area contributed by atoms with Gasteiger partial charge in [-0.25, -0.2) is 4.39 Å². The van der Waals surface area contributed by atoms with Gasteiger partial charge in [-0.3, -0.25) is 9.59 Å². The predicted octanol–water partition coefficient (Wildman–Crippen LogP) is 6.35. The number of carbonyl (C=O) groups is 2. The molecule has 2 aromatic carbocycles. The van der Waals surface area contributed by atoms with Crippen molar-refractivity contribution in [1.29, 1.82) is 0 Å². The third-order valence-corrected chi connectivity index (χ3v) is 7.36. The molecule has 1 aromatic heterocycles. The Morgan fingerprint density at radius 2 is 1.59 bits per heavy atom. The molecule has 7 heteroatoms. The minimum atomic E-state index is -0.363. The van der Waals surface area contributed by atoms with Crippen LogP contribution in [0.25, 0.3) is 16.9 Å². The highest BCUT2D eigenvalue weighted by Gasteiger charge is 2.29. The molecule has 39 heavy (non-hydrogen) atoms. The fourth-order valence-electron chi connectivity index (χ4n) is 5.62. The summed E-state index contributed by atoms with van der Waals surface area (Å²) in [6.45, 7) is 12.5. The van der Waals surface area contributed by atoms with Gasteiger partial charge in [0.05, 0.1) is 24.1 Å². The molecule has 1 saturated heterocycles. The van der Waals surface area contributed by atoms with Gasteiger partial charge in [0.1, 0.15) is 11.6 Å². The van der Waals surface area contributed by atoms with Crippen LogP contribution in [0.2, 0.25) is 0 Å². The summed E-state index contributed by atoms with van der Waals surface area (Å²) in [4.78, 5) is 30.3. The number of hydrogen-bond donors (Lipinski definition) is 0. The molecule has 0 bridgehead atoms. The Balaban J connectivity index is 1.55. The number of piperazine rings is 1. The smallest absolute Gasteiger partial charge is 0.255 e. The lowest BCUT2D eigenvalue weighted by molar-refractivity contribution is -0.133. The van der Waals surface area contributed by atoms with Gasteiger partial charge in [-0.05, 0) is 72.7 Å². The van der Waals surface area contributed by atoms with E-state index in [1.54, 1.807) is 34.8 Å². The molecule has 0 spiro atoms. The lowest BCUT2D eigenvalue weighted by Crippen LogP contribution is -2.50. The molecule has 0 saturated carbocycles. The first-order valence-corrected chi connectivity index (χ1v) is 13.7. The van der Waals surface area contributed by atoms with Gasteiger partial charge in [-0.2, -0.15) is 0 Å². The normalized spacial score (nSPS) is 14.8. The average Bonchev–Trinajstić information content (AvgIpc) is 3.24. The summed E-state index contributed by atoms with van der Waals surface area (Å²) in [7, 11) is 1.61. The van der Waals surface area contributed by atoms with Crippen LogP contribution in [0.1, 0.15) is 56.6 Å². The van der Waals surface area contributed by atoms with E-state index in [-0.39, 0.29) is 23.0 Å². The van der Waals surface area contributed by atoms with E-state index < -0.39 is 0 Å². The molecule has 208 valence electrons. The number of benzene rings is 2. The third kappa shape index (κ3) is 6.52. The first-order chi connectivity index (χ1) is 18.5. The Bertz CT molecular complexity index is 1320. The topological polar surface area (TPSA) is 54.8 Å². The van der Waals surface area contributed by atoms with Crippen molar-refractivity contribution in [2.24, 2.45) is 11.3 Å². The van der Waals surface area contributed by atoms with E-state index >= 15 is 0 Å². The van der Waals surface area contributed by atoms with Crippen molar-refractivity contribution in [3.63, 3.8) is 0 Å². The zero-order valence-corrected chi connectivity index (χ0v) is 24.0. The Morgan fingerprint density at radius 3 is 2.18 bits per heavy atom. The highest BCUT2D eigenvalue weighted by Crippen LogP contribution is 2.32. The van der Waals surface area contributed by atoms with Gasteiger partial charge in [-0.15, -0.1) is 0 Å². The lowest BCUT2D eigenvalue weighted by Gasteiger charge is -2.35. The number of ether oxygens (including phenoxy) is 1. The number of para-hydroxylation sites is 1. The van der Waals surface area contributed by atoms with Crippen molar-refractivity contribution in [2.45, 2.75) is 47.5 Å². The number of amides is 2. The maximum Gasteiger partial charge on any atom is 0.255 e. The standard InChI is InChI=1S/C32H40FN3O3/c1-22(21-32(3,4)5)19-30(37)34-15-17-35(18-16-34)31(38)26-20-29(24-11-13-25(39-6)14-12-24)36(23(26)2)28-10-8-7-9-27(28)33/h7-14,20,22H,15-19,21H2,1-6H3. The number of carbonyl (C=O) groups excluding carboxylic acids is 2. The molecule has 0 aliphatic carbocycles. The van der Waals surface area contributed by atoms with Crippen LogP contribution >= 0.6 is 0 Å². The highest BCUT2D eigenvalue weighted by molar-refractivity contribution is 5.97. The molecule has 1 fully saturated rings. The summed E-state index contributed by atoms with van der Waals surface area (Å²) >= 11 is 0. The SMILES string of the molecule is COc1ccc(-c2cc(C(=O)N3CCN(C(=O)CC(C)CC(C)(C)C)CC3)c(C)n2-c2ccccc2F)cc1. The van der Waals surface area contributed by atoms with Crippen molar-refractivity contribution in [3.8, 4) is 22.7 Å². The first kappa shape index (κ1) is 28.4.